The number of rotatable bonds is 6. The standard InChI is InChI=1S/C28H28N2O6S/c1-30-26(16-5-8-18(37-4)9-6-16)25(19-14-22(33-2)23(34-3)15-20(19)28(30)32)27(31)29-17-7-10-21-24(13-17)36-12-11-35-21/h5-10,13-15,25-26H,11-12H2,1-4H3,(H,29,31)/t25-,26-/m1/s1. The zero-order chi connectivity index (χ0) is 26.1. The van der Waals surface area contributed by atoms with Crippen molar-refractivity contribution in [1.82, 2.24) is 4.90 Å². The molecule has 0 saturated carbocycles. The predicted molar refractivity (Wildman–Crippen MR) is 141 cm³/mol. The Morgan fingerprint density at radius 1 is 0.973 bits per heavy atom. The van der Waals surface area contributed by atoms with Gasteiger partial charge in [-0.2, -0.15) is 0 Å². The van der Waals surface area contributed by atoms with E-state index in [-0.39, 0.29) is 11.8 Å². The Kier molecular flexibility index (Phi) is 6.88. The summed E-state index contributed by atoms with van der Waals surface area (Å²) in [6.07, 6.45) is 2.00. The summed E-state index contributed by atoms with van der Waals surface area (Å²) in [6, 6.07) is 16.1. The number of thioether (sulfide) groups is 1. The van der Waals surface area contributed by atoms with Gasteiger partial charge in [0.15, 0.2) is 23.0 Å². The Labute approximate surface area is 219 Å². The van der Waals surface area contributed by atoms with Crippen LogP contribution in [0.1, 0.15) is 33.4 Å². The molecule has 0 fully saturated rings. The highest BCUT2D eigenvalue weighted by Crippen LogP contribution is 2.46. The van der Waals surface area contributed by atoms with Gasteiger partial charge in [0.25, 0.3) is 5.91 Å². The average molecular weight is 521 g/mol. The number of ether oxygens (including phenoxy) is 4. The fraction of sp³-hybridized carbons (Fsp3) is 0.286. The number of carbonyl (C=O) groups is 2. The average Bonchev–Trinajstić information content (AvgIpc) is 2.94. The number of nitrogens with one attached hydrogen (secondary N) is 1. The molecule has 0 radical (unpaired) electrons. The molecule has 37 heavy (non-hydrogen) atoms. The molecule has 5 rings (SSSR count). The summed E-state index contributed by atoms with van der Waals surface area (Å²) in [5.41, 5.74) is 2.41. The van der Waals surface area contributed by atoms with Gasteiger partial charge in [-0.25, -0.2) is 0 Å². The molecule has 0 bridgehead atoms. The lowest BCUT2D eigenvalue weighted by Crippen LogP contribution is -2.44. The molecule has 9 heteroatoms. The maximum atomic E-state index is 14.0. The number of hydrogen-bond donors (Lipinski definition) is 1. The van der Waals surface area contributed by atoms with Crippen LogP contribution in [0, 0.1) is 0 Å². The minimum atomic E-state index is -0.717. The minimum absolute atomic E-state index is 0.196. The fourth-order valence-corrected chi connectivity index (χ4v) is 5.30. The summed E-state index contributed by atoms with van der Waals surface area (Å²) in [7, 11) is 4.77. The normalized spacial score (nSPS) is 18.2. The molecule has 192 valence electrons. The molecule has 0 spiro atoms. The lowest BCUT2D eigenvalue weighted by Gasteiger charge is -2.40. The number of nitrogens with zero attached hydrogens (tertiary/aromatic N) is 1. The summed E-state index contributed by atoms with van der Waals surface area (Å²) in [4.78, 5) is 30.3. The highest BCUT2D eigenvalue weighted by molar-refractivity contribution is 7.98. The van der Waals surface area contributed by atoms with Crippen LogP contribution in [-0.2, 0) is 4.79 Å². The van der Waals surface area contributed by atoms with Gasteiger partial charge >= 0.3 is 0 Å². The van der Waals surface area contributed by atoms with Gasteiger partial charge in [0, 0.05) is 29.3 Å². The zero-order valence-electron chi connectivity index (χ0n) is 21.1. The van der Waals surface area contributed by atoms with Crippen molar-refractivity contribution in [2.24, 2.45) is 0 Å². The highest BCUT2D eigenvalue weighted by atomic mass is 32.2. The minimum Gasteiger partial charge on any atom is -0.493 e. The molecule has 0 unspecified atom stereocenters. The van der Waals surface area contributed by atoms with Crippen LogP contribution in [0.25, 0.3) is 0 Å². The molecule has 2 amide bonds. The number of benzene rings is 3. The number of hydrogen-bond acceptors (Lipinski definition) is 7. The topological polar surface area (TPSA) is 86.3 Å². The van der Waals surface area contributed by atoms with E-state index in [1.807, 2.05) is 30.5 Å². The SMILES string of the molecule is COc1cc2c(cc1OC)[C@@H](C(=O)Nc1ccc3c(c1)OCCO3)[C@@H](c1ccc(SC)cc1)N(C)C2=O. The second-order valence-corrected chi connectivity index (χ2v) is 9.63. The first-order chi connectivity index (χ1) is 17.9. The van der Waals surface area contributed by atoms with Crippen LogP contribution >= 0.6 is 11.8 Å². The van der Waals surface area contributed by atoms with Gasteiger partial charge in [0.2, 0.25) is 5.91 Å². The molecule has 2 heterocycles. The lowest BCUT2D eigenvalue weighted by molar-refractivity contribution is -0.119. The van der Waals surface area contributed by atoms with Gasteiger partial charge in [0.1, 0.15) is 13.2 Å². The monoisotopic (exact) mass is 520 g/mol. The van der Waals surface area contributed by atoms with Gasteiger partial charge in [-0.05, 0) is 53.8 Å². The molecule has 3 aromatic rings. The molecular weight excluding hydrogens is 492 g/mol. The quantitative estimate of drug-likeness (QED) is 0.470. The number of methoxy groups -OCH3 is 2. The first-order valence-electron chi connectivity index (χ1n) is 11.8. The van der Waals surface area contributed by atoms with E-state index in [0.29, 0.717) is 53.0 Å². The van der Waals surface area contributed by atoms with E-state index < -0.39 is 12.0 Å². The smallest absolute Gasteiger partial charge is 0.254 e. The third-order valence-corrected chi connectivity index (χ3v) is 7.47. The second-order valence-electron chi connectivity index (χ2n) is 8.75. The lowest BCUT2D eigenvalue weighted by atomic mass is 9.79. The van der Waals surface area contributed by atoms with Gasteiger partial charge in [-0.1, -0.05) is 12.1 Å². The Bertz CT molecular complexity index is 1340. The van der Waals surface area contributed by atoms with Crippen LogP contribution in [0.15, 0.2) is 59.5 Å². The van der Waals surface area contributed by atoms with Gasteiger partial charge in [-0.15, -0.1) is 11.8 Å². The Morgan fingerprint density at radius 2 is 1.65 bits per heavy atom. The molecule has 0 saturated heterocycles. The maximum Gasteiger partial charge on any atom is 0.254 e. The van der Waals surface area contributed by atoms with Gasteiger partial charge in [-0.3, -0.25) is 9.59 Å². The summed E-state index contributed by atoms with van der Waals surface area (Å²) in [5, 5.41) is 3.04. The summed E-state index contributed by atoms with van der Waals surface area (Å²) in [6.45, 7) is 0.934. The molecule has 2 atom stereocenters. The van der Waals surface area contributed by atoms with Crippen molar-refractivity contribution in [1.29, 1.82) is 0 Å². The number of carbonyl (C=O) groups excluding carboxylic acids is 2. The highest BCUT2D eigenvalue weighted by Gasteiger charge is 2.43. The number of amides is 2. The molecule has 8 nitrogen and oxygen atoms in total. The van der Waals surface area contributed by atoms with E-state index in [2.05, 4.69) is 5.32 Å². The van der Waals surface area contributed by atoms with Gasteiger partial charge < -0.3 is 29.2 Å². The molecule has 0 aromatic heterocycles. The Hall–Kier alpha value is -3.85. The van der Waals surface area contributed by atoms with Crippen molar-refractivity contribution >= 4 is 29.3 Å². The van der Waals surface area contributed by atoms with Gasteiger partial charge in [0.05, 0.1) is 26.2 Å². The number of likely N-dealkylation sites (N-methyl/N-ethyl adjacent to an activating group) is 1. The molecular formula is C28H28N2O6S. The Morgan fingerprint density at radius 3 is 2.32 bits per heavy atom. The predicted octanol–water partition coefficient (Wildman–Crippen LogP) is 4.75. The van der Waals surface area contributed by atoms with Crippen molar-refractivity contribution in [3.63, 3.8) is 0 Å². The van der Waals surface area contributed by atoms with Crippen LogP contribution in [0.3, 0.4) is 0 Å². The van der Waals surface area contributed by atoms with Crippen molar-refractivity contribution in [2.45, 2.75) is 16.9 Å². The fourth-order valence-electron chi connectivity index (χ4n) is 4.89. The van der Waals surface area contributed by atoms with E-state index in [1.54, 1.807) is 54.0 Å². The summed E-state index contributed by atoms with van der Waals surface area (Å²) < 4.78 is 22.3. The first-order valence-corrected chi connectivity index (χ1v) is 13.0. The number of anilines is 1. The van der Waals surface area contributed by atoms with Crippen LogP contribution in [0.2, 0.25) is 0 Å². The summed E-state index contributed by atoms with van der Waals surface area (Å²) in [5.74, 6) is 0.925. The van der Waals surface area contributed by atoms with E-state index in [1.165, 1.54) is 14.2 Å². The molecule has 0 aliphatic carbocycles. The van der Waals surface area contributed by atoms with E-state index >= 15 is 0 Å². The van der Waals surface area contributed by atoms with Crippen LogP contribution in [0.5, 0.6) is 23.0 Å². The maximum absolute atomic E-state index is 14.0. The van der Waals surface area contributed by atoms with E-state index in [9.17, 15) is 9.59 Å². The molecule has 1 N–H and O–H groups in total. The van der Waals surface area contributed by atoms with Crippen molar-refractivity contribution in [3.8, 4) is 23.0 Å². The van der Waals surface area contributed by atoms with Crippen molar-refractivity contribution < 1.29 is 28.5 Å². The summed E-state index contributed by atoms with van der Waals surface area (Å²) >= 11 is 1.63. The zero-order valence-corrected chi connectivity index (χ0v) is 21.9. The molecule has 2 aliphatic heterocycles. The number of fused-ring (bicyclic) bond motifs is 2. The van der Waals surface area contributed by atoms with E-state index in [0.717, 1.165) is 10.5 Å². The second kappa shape index (κ2) is 10.3. The molecule has 3 aromatic carbocycles. The first kappa shape index (κ1) is 24.8. The third-order valence-electron chi connectivity index (χ3n) is 6.72. The Balaban J connectivity index is 1.60. The largest absolute Gasteiger partial charge is 0.493 e. The van der Waals surface area contributed by atoms with Crippen LogP contribution in [0.4, 0.5) is 5.69 Å². The van der Waals surface area contributed by atoms with Crippen molar-refractivity contribution in [3.05, 3.63) is 71.3 Å². The van der Waals surface area contributed by atoms with Crippen LogP contribution in [-0.4, -0.2) is 57.5 Å². The molecule has 2 aliphatic rings. The van der Waals surface area contributed by atoms with Crippen LogP contribution < -0.4 is 24.3 Å². The van der Waals surface area contributed by atoms with Crippen molar-refractivity contribution in [2.75, 3.05) is 46.1 Å². The van der Waals surface area contributed by atoms with E-state index in [4.69, 9.17) is 18.9 Å². The third kappa shape index (κ3) is 4.55.